The molecule has 0 spiro atoms. The largest absolute Gasteiger partial charge is 0.497 e. The molecule has 5 heteroatoms. The van der Waals surface area contributed by atoms with Crippen molar-refractivity contribution in [3.63, 3.8) is 0 Å². The first-order chi connectivity index (χ1) is 9.69. The molecule has 0 saturated heterocycles. The van der Waals surface area contributed by atoms with Crippen molar-refractivity contribution in [3.8, 4) is 11.5 Å². The van der Waals surface area contributed by atoms with Crippen molar-refractivity contribution in [1.82, 2.24) is 5.32 Å². The fourth-order valence-corrected chi connectivity index (χ4v) is 1.81. The Morgan fingerprint density at radius 1 is 1.05 bits per heavy atom. The summed E-state index contributed by atoms with van der Waals surface area (Å²) in [4.78, 5) is 11.7. The first kappa shape index (κ1) is 16.1. The minimum absolute atomic E-state index is 0.211. The van der Waals surface area contributed by atoms with Gasteiger partial charge in [-0.05, 0) is 6.42 Å². The number of unbranched alkanes of at least 4 members (excludes halogenated alkanes) is 3. The van der Waals surface area contributed by atoms with Gasteiger partial charge in [-0.1, -0.05) is 26.2 Å². The Kier molecular flexibility index (Phi) is 7.32. The first-order valence-electron chi connectivity index (χ1n) is 6.97. The van der Waals surface area contributed by atoms with E-state index < -0.39 is 0 Å². The number of carbonyl (C=O) groups is 1. The molecule has 0 heterocycles. The molecule has 0 saturated carbocycles. The summed E-state index contributed by atoms with van der Waals surface area (Å²) in [6.07, 6.45) is 4.54. The molecule has 0 aliphatic heterocycles. The summed E-state index contributed by atoms with van der Waals surface area (Å²) in [5.74, 6) is 1.28. The lowest BCUT2D eigenvalue weighted by Crippen LogP contribution is -2.29. The van der Waals surface area contributed by atoms with Crippen LogP contribution in [-0.2, 0) is 0 Å². The molecular weight excluding hydrogens is 256 g/mol. The average molecular weight is 280 g/mol. The van der Waals surface area contributed by atoms with Crippen LogP contribution in [0.3, 0.4) is 0 Å². The van der Waals surface area contributed by atoms with Crippen LogP contribution in [0.5, 0.6) is 11.5 Å². The molecule has 0 radical (unpaired) electrons. The van der Waals surface area contributed by atoms with Gasteiger partial charge in [0.15, 0.2) is 0 Å². The van der Waals surface area contributed by atoms with Crippen molar-refractivity contribution in [2.45, 2.75) is 32.6 Å². The van der Waals surface area contributed by atoms with E-state index in [2.05, 4.69) is 17.6 Å². The van der Waals surface area contributed by atoms with E-state index in [1.807, 2.05) is 0 Å². The van der Waals surface area contributed by atoms with Crippen LogP contribution in [0.15, 0.2) is 18.2 Å². The first-order valence-corrected chi connectivity index (χ1v) is 6.97. The number of benzene rings is 1. The van der Waals surface area contributed by atoms with E-state index in [4.69, 9.17) is 9.47 Å². The highest BCUT2D eigenvalue weighted by atomic mass is 16.5. The average Bonchev–Trinajstić information content (AvgIpc) is 2.46. The summed E-state index contributed by atoms with van der Waals surface area (Å²) in [5, 5.41) is 5.61. The quantitative estimate of drug-likeness (QED) is 0.717. The van der Waals surface area contributed by atoms with Gasteiger partial charge in [0, 0.05) is 30.4 Å². The summed E-state index contributed by atoms with van der Waals surface area (Å²) in [7, 11) is 3.15. The van der Waals surface area contributed by atoms with Gasteiger partial charge < -0.3 is 20.1 Å². The number of hydrogen-bond donors (Lipinski definition) is 2. The third kappa shape index (κ3) is 5.82. The van der Waals surface area contributed by atoms with E-state index in [1.54, 1.807) is 32.4 Å². The number of rotatable bonds is 8. The summed E-state index contributed by atoms with van der Waals surface area (Å²) in [6.45, 7) is 2.85. The van der Waals surface area contributed by atoms with Gasteiger partial charge in [-0.15, -0.1) is 0 Å². The standard InChI is InChI=1S/C15H24N2O3/c1-4-5-6-7-8-16-15(18)17-12-9-13(19-2)11-14(10-12)20-3/h9-11H,4-8H2,1-3H3,(H2,16,17,18). The molecule has 0 aliphatic rings. The number of anilines is 1. The molecule has 0 aromatic heterocycles. The zero-order valence-corrected chi connectivity index (χ0v) is 12.5. The van der Waals surface area contributed by atoms with Crippen LogP contribution >= 0.6 is 0 Å². The van der Waals surface area contributed by atoms with E-state index in [0.717, 1.165) is 12.8 Å². The number of hydrogen-bond acceptors (Lipinski definition) is 3. The Morgan fingerprint density at radius 3 is 2.25 bits per heavy atom. The van der Waals surface area contributed by atoms with Gasteiger partial charge in [0.25, 0.3) is 0 Å². The van der Waals surface area contributed by atoms with E-state index in [0.29, 0.717) is 23.7 Å². The summed E-state index contributed by atoms with van der Waals surface area (Å²) < 4.78 is 10.3. The van der Waals surface area contributed by atoms with Crippen molar-refractivity contribution in [2.75, 3.05) is 26.1 Å². The maximum atomic E-state index is 11.7. The van der Waals surface area contributed by atoms with E-state index in [1.165, 1.54) is 12.8 Å². The Labute approximate surface area is 120 Å². The molecule has 2 N–H and O–H groups in total. The van der Waals surface area contributed by atoms with Gasteiger partial charge in [-0.25, -0.2) is 4.79 Å². The number of methoxy groups -OCH3 is 2. The van der Waals surface area contributed by atoms with Gasteiger partial charge in [-0.2, -0.15) is 0 Å². The Balaban J connectivity index is 2.44. The van der Waals surface area contributed by atoms with E-state index in [9.17, 15) is 4.79 Å². The highest BCUT2D eigenvalue weighted by Gasteiger charge is 2.05. The number of urea groups is 1. The van der Waals surface area contributed by atoms with Crippen LogP contribution in [-0.4, -0.2) is 26.8 Å². The van der Waals surface area contributed by atoms with Crippen molar-refractivity contribution < 1.29 is 14.3 Å². The molecule has 1 rings (SSSR count). The van der Waals surface area contributed by atoms with Gasteiger partial charge >= 0.3 is 6.03 Å². The summed E-state index contributed by atoms with van der Waals surface area (Å²) in [5.41, 5.74) is 0.646. The third-order valence-electron chi connectivity index (χ3n) is 2.93. The lowest BCUT2D eigenvalue weighted by Gasteiger charge is -2.10. The van der Waals surface area contributed by atoms with E-state index >= 15 is 0 Å². The van der Waals surface area contributed by atoms with Crippen LogP contribution in [0, 0.1) is 0 Å². The van der Waals surface area contributed by atoms with Crippen LogP contribution in [0.1, 0.15) is 32.6 Å². The van der Waals surface area contributed by atoms with E-state index in [-0.39, 0.29) is 6.03 Å². The normalized spacial score (nSPS) is 9.95. The molecule has 5 nitrogen and oxygen atoms in total. The van der Waals surface area contributed by atoms with Crippen LogP contribution in [0.2, 0.25) is 0 Å². The Morgan fingerprint density at radius 2 is 1.70 bits per heavy atom. The lowest BCUT2D eigenvalue weighted by molar-refractivity contribution is 0.252. The number of ether oxygens (including phenoxy) is 2. The van der Waals surface area contributed by atoms with Crippen LogP contribution in [0.25, 0.3) is 0 Å². The minimum atomic E-state index is -0.211. The number of amides is 2. The van der Waals surface area contributed by atoms with Crippen molar-refractivity contribution in [2.24, 2.45) is 0 Å². The molecule has 1 aromatic rings. The lowest BCUT2D eigenvalue weighted by atomic mass is 10.2. The van der Waals surface area contributed by atoms with Gasteiger partial charge in [0.05, 0.1) is 14.2 Å². The number of nitrogens with one attached hydrogen (secondary N) is 2. The minimum Gasteiger partial charge on any atom is -0.497 e. The molecule has 2 amide bonds. The van der Waals surface area contributed by atoms with Gasteiger partial charge in [0.1, 0.15) is 11.5 Å². The van der Waals surface area contributed by atoms with Gasteiger partial charge in [0.2, 0.25) is 0 Å². The second kappa shape index (κ2) is 9.07. The molecule has 0 atom stereocenters. The fraction of sp³-hybridized carbons (Fsp3) is 0.533. The SMILES string of the molecule is CCCCCCNC(=O)Nc1cc(OC)cc(OC)c1. The summed E-state index contributed by atoms with van der Waals surface area (Å²) in [6, 6.07) is 5.04. The zero-order chi connectivity index (χ0) is 14.8. The molecule has 0 bridgehead atoms. The maximum Gasteiger partial charge on any atom is 0.319 e. The second-order valence-electron chi connectivity index (χ2n) is 4.54. The molecule has 0 unspecified atom stereocenters. The Bertz CT molecular complexity index is 399. The molecule has 0 fully saturated rings. The topological polar surface area (TPSA) is 59.6 Å². The monoisotopic (exact) mass is 280 g/mol. The van der Waals surface area contributed by atoms with Crippen LogP contribution < -0.4 is 20.1 Å². The van der Waals surface area contributed by atoms with Crippen molar-refractivity contribution in [1.29, 1.82) is 0 Å². The van der Waals surface area contributed by atoms with Crippen molar-refractivity contribution in [3.05, 3.63) is 18.2 Å². The molecule has 112 valence electrons. The number of carbonyl (C=O) groups excluding carboxylic acids is 1. The zero-order valence-electron chi connectivity index (χ0n) is 12.5. The maximum absolute atomic E-state index is 11.7. The molecule has 20 heavy (non-hydrogen) atoms. The highest BCUT2D eigenvalue weighted by Crippen LogP contribution is 2.25. The van der Waals surface area contributed by atoms with Crippen LogP contribution in [0.4, 0.5) is 10.5 Å². The summed E-state index contributed by atoms with van der Waals surface area (Å²) >= 11 is 0. The molecular formula is C15H24N2O3. The molecule has 0 aliphatic carbocycles. The fourth-order valence-electron chi connectivity index (χ4n) is 1.81. The van der Waals surface area contributed by atoms with Gasteiger partial charge in [-0.3, -0.25) is 0 Å². The van der Waals surface area contributed by atoms with Crippen molar-refractivity contribution >= 4 is 11.7 Å². The predicted molar refractivity (Wildman–Crippen MR) is 80.7 cm³/mol. The highest BCUT2D eigenvalue weighted by molar-refractivity contribution is 5.89. The Hall–Kier alpha value is -1.91. The molecule has 1 aromatic carbocycles. The third-order valence-corrected chi connectivity index (χ3v) is 2.93. The smallest absolute Gasteiger partial charge is 0.319 e. The predicted octanol–water partition coefficient (Wildman–Crippen LogP) is 3.41. The second-order valence-corrected chi connectivity index (χ2v) is 4.54.